The number of hydrogen-bond acceptors (Lipinski definition) is 3. The maximum Gasteiger partial charge on any atom is 0.345 e. The fraction of sp³-hybridized carbons (Fsp3) is 0.588. The summed E-state index contributed by atoms with van der Waals surface area (Å²) >= 11 is 0. The van der Waals surface area contributed by atoms with Crippen LogP contribution in [-0.2, 0) is 26.1 Å². The maximum atomic E-state index is 15.5. The van der Waals surface area contributed by atoms with E-state index in [1.54, 1.807) is 27.7 Å². The zero-order valence-corrected chi connectivity index (χ0v) is 15.7. The SMILES string of the molecule is CCOC(=O)[C@@](C)(F)[C@](C)(N[S@@](=O)C(C)(C)C)c1ccccc1F. The second kappa shape index (κ2) is 7.27. The van der Waals surface area contributed by atoms with E-state index in [2.05, 4.69) is 4.72 Å². The molecule has 0 aliphatic rings. The number of ether oxygens (including phenoxy) is 1. The highest BCUT2D eigenvalue weighted by molar-refractivity contribution is 7.84. The van der Waals surface area contributed by atoms with E-state index in [0.29, 0.717) is 0 Å². The Labute approximate surface area is 144 Å². The Morgan fingerprint density at radius 2 is 1.75 bits per heavy atom. The fourth-order valence-corrected chi connectivity index (χ4v) is 3.06. The van der Waals surface area contributed by atoms with Gasteiger partial charge in [-0.15, -0.1) is 0 Å². The first kappa shape index (κ1) is 20.7. The largest absolute Gasteiger partial charge is 0.464 e. The molecule has 136 valence electrons. The molecule has 0 aliphatic carbocycles. The lowest BCUT2D eigenvalue weighted by atomic mass is 9.78. The third-order valence-corrected chi connectivity index (χ3v) is 5.57. The van der Waals surface area contributed by atoms with Crippen molar-refractivity contribution in [1.82, 2.24) is 4.72 Å². The van der Waals surface area contributed by atoms with Gasteiger partial charge in [0.25, 0.3) is 0 Å². The summed E-state index contributed by atoms with van der Waals surface area (Å²) in [6.45, 7) is 8.92. The standard InChI is InChI=1S/C17H25F2NO3S/c1-7-23-14(21)16(5,19)17(6,20-24(22)15(2,3)4)12-10-8-9-11-13(12)18/h8-11,20H,7H2,1-6H3/t16-,17-,24+/m1/s1. The summed E-state index contributed by atoms with van der Waals surface area (Å²) in [7, 11) is -1.75. The summed E-state index contributed by atoms with van der Waals surface area (Å²) in [5.41, 5.74) is -4.63. The van der Waals surface area contributed by atoms with E-state index in [4.69, 9.17) is 4.74 Å². The van der Waals surface area contributed by atoms with Gasteiger partial charge in [-0.1, -0.05) is 18.2 Å². The van der Waals surface area contributed by atoms with E-state index < -0.39 is 38.7 Å². The highest BCUT2D eigenvalue weighted by Gasteiger charge is 2.56. The highest BCUT2D eigenvalue weighted by atomic mass is 32.2. The molecular weight excluding hydrogens is 336 g/mol. The van der Waals surface area contributed by atoms with Crippen LogP contribution in [0.2, 0.25) is 0 Å². The Hall–Kier alpha value is -1.34. The number of halogens is 2. The van der Waals surface area contributed by atoms with Gasteiger partial charge in [0, 0.05) is 5.56 Å². The number of carbonyl (C=O) groups excluding carboxylic acids is 1. The summed E-state index contributed by atoms with van der Waals surface area (Å²) in [5, 5.41) is 0. The highest BCUT2D eigenvalue weighted by Crippen LogP contribution is 2.39. The molecule has 0 unspecified atom stereocenters. The molecule has 1 N–H and O–H groups in total. The van der Waals surface area contributed by atoms with E-state index in [0.717, 1.165) is 13.0 Å². The van der Waals surface area contributed by atoms with Crippen LogP contribution in [0.3, 0.4) is 0 Å². The van der Waals surface area contributed by atoms with Gasteiger partial charge in [0.1, 0.15) is 11.4 Å². The molecule has 0 saturated carbocycles. The first-order valence-electron chi connectivity index (χ1n) is 7.68. The molecule has 7 heteroatoms. The van der Waals surface area contributed by atoms with Crippen LogP contribution in [0.5, 0.6) is 0 Å². The molecule has 24 heavy (non-hydrogen) atoms. The van der Waals surface area contributed by atoms with Crippen LogP contribution >= 0.6 is 0 Å². The van der Waals surface area contributed by atoms with Gasteiger partial charge in [0.05, 0.1) is 22.3 Å². The molecule has 0 aliphatic heterocycles. The number of rotatable bonds is 6. The molecule has 0 aromatic heterocycles. The number of benzene rings is 1. The predicted octanol–water partition coefficient (Wildman–Crippen LogP) is 3.38. The van der Waals surface area contributed by atoms with Crippen molar-refractivity contribution in [3.8, 4) is 0 Å². The fourth-order valence-electron chi connectivity index (χ4n) is 2.08. The number of hydrogen-bond donors (Lipinski definition) is 1. The maximum absolute atomic E-state index is 15.5. The number of carbonyl (C=O) groups is 1. The molecule has 0 spiro atoms. The lowest BCUT2D eigenvalue weighted by Gasteiger charge is -2.41. The second-order valence-electron chi connectivity index (χ2n) is 6.81. The van der Waals surface area contributed by atoms with Crippen LogP contribution < -0.4 is 4.72 Å². The number of nitrogens with one attached hydrogen (secondary N) is 1. The Bertz CT molecular complexity index is 629. The van der Waals surface area contributed by atoms with Crippen molar-refractivity contribution in [2.45, 2.75) is 57.5 Å². The zero-order chi connectivity index (χ0) is 18.8. The van der Waals surface area contributed by atoms with Crippen LogP contribution in [-0.4, -0.2) is 27.2 Å². The summed E-state index contributed by atoms with van der Waals surface area (Å²) in [4.78, 5) is 12.2. The molecule has 1 rings (SSSR count). The smallest absolute Gasteiger partial charge is 0.345 e. The average molecular weight is 361 g/mol. The average Bonchev–Trinajstić information content (AvgIpc) is 2.46. The van der Waals surface area contributed by atoms with Crippen molar-refractivity contribution in [2.24, 2.45) is 0 Å². The first-order valence-corrected chi connectivity index (χ1v) is 8.83. The lowest BCUT2D eigenvalue weighted by Crippen LogP contribution is -2.61. The monoisotopic (exact) mass is 361 g/mol. The molecule has 3 atom stereocenters. The Morgan fingerprint density at radius 1 is 1.21 bits per heavy atom. The minimum absolute atomic E-state index is 0.0198. The van der Waals surface area contributed by atoms with Gasteiger partial charge in [-0.25, -0.2) is 22.5 Å². The van der Waals surface area contributed by atoms with Gasteiger partial charge < -0.3 is 4.74 Å². The molecule has 0 bridgehead atoms. The second-order valence-corrected chi connectivity index (χ2v) is 8.78. The predicted molar refractivity (Wildman–Crippen MR) is 90.9 cm³/mol. The van der Waals surface area contributed by atoms with Crippen LogP contribution in [0.4, 0.5) is 8.78 Å². The third-order valence-electron chi connectivity index (χ3n) is 3.86. The van der Waals surface area contributed by atoms with Crippen molar-refractivity contribution in [3.05, 3.63) is 35.6 Å². The van der Waals surface area contributed by atoms with Gasteiger partial charge >= 0.3 is 5.97 Å². The Balaban J connectivity index is 3.50. The van der Waals surface area contributed by atoms with Crippen LogP contribution in [0.15, 0.2) is 24.3 Å². The topological polar surface area (TPSA) is 55.4 Å². The van der Waals surface area contributed by atoms with Crippen LogP contribution in [0, 0.1) is 5.82 Å². The van der Waals surface area contributed by atoms with Crippen LogP contribution in [0.25, 0.3) is 0 Å². The molecule has 0 fully saturated rings. The quantitative estimate of drug-likeness (QED) is 0.790. The van der Waals surface area contributed by atoms with Crippen molar-refractivity contribution < 1.29 is 22.5 Å². The molecule has 0 radical (unpaired) electrons. The molecule has 0 heterocycles. The summed E-state index contributed by atoms with van der Waals surface area (Å²) in [6.07, 6.45) is 0. The Kier molecular flexibility index (Phi) is 6.27. The molecular formula is C17H25F2NO3S. The van der Waals surface area contributed by atoms with Gasteiger partial charge in [-0.2, -0.15) is 0 Å². The van der Waals surface area contributed by atoms with Gasteiger partial charge in [-0.3, -0.25) is 0 Å². The summed E-state index contributed by atoms with van der Waals surface area (Å²) < 4.78 is 49.1. The van der Waals surface area contributed by atoms with E-state index in [-0.39, 0.29) is 12.2 Å². The number of alkyl halides is 1. The summed E-state index contributed by atoms with van der Waals surface area (Å²) in [6, 6.07) is 5.51. The van der Waals surface area contributed by atoms with Gasteiger partial charge in [0.2, 0.25) is 5.67 Å². The van der Waals surface area contributed by atoms with Crippen molar-refractivity contribution >= 4 is 17.0 Å². The van der Waals surface area contributed by atoms with Gasteiger partial charge in [0.15, 0.2) is 0 Å². The van der Waals surface area contributed by atoms with E-state index in [9.17, 15) is 13.4 Å². The molecule has 0 amide bonds. The van der Waals surface area contributed by atoms with E-state index >= 15 is 4.39 Å². The molecule has 4 nitrogen and oxygen atoms in total. The van der Waals surface area contributed by atoms with Gasteiger partial charge in [-0.05, 0) is 47.6 Å². The first-order chi connectivity index (χ1) is 10.9. The van der Waals surface area contributed by atoms with E-state index in [1.165, 1.54) is 25.1 Å². The zero-order valence-electron chi connectivity index (χ0n) is 14.9. The van der Waals surface area contributed by atoms with Crippen LogP contribution in [0.1, 0.15) is 47.1 Å². The lowest BCUT2D eigenvalue weighted by molar-refractivity contribution is -0.161. The Morgan fingerprint density at radius 3 is 2.21 bits per heavy atom. The minimum Gasteiger partial charge on any atom is -0.464 e. The summed E-state index contributed by atoms with van der Waals surface area (Å²) in [5.74, 6) is -1.85. The molecule has 0 saturated heterocycles. The van der Waals surface area contributed by atoms with Crippen molar-refractivity contribution in [1.29, 1.82) is 0 Å². The minimum atomic E-state index is -2.65. The third kappa shape index (κ3) is 4.00. The normalized spacial score (nSPS) is 18.3. The van der Waals surface area contributed by atoms with Crippen molar-refractivity contribution in [3.63, 3.8) is 0 Å². The van der Waals surface area contributed by atoms with Crippen molar-refractivity contribution in [2.75, 3.05) is 6.61 Å². The number of esters is 1. The van der Waals surface area contributed by atoms with E-state index in [1.807, 2.05) is 0 Å². The molecule has 1 aromatic carbocycles. The molecule has 1 aromatic rings.